The number of carboxylic acids is 1. The summed E-state index contributed by atoms with van der Waals surface area (Å²) in [5.74, 6) is -1.03. The predicted molar refractivity (Wildman–Crippen MR) is 75.5 cm³/mol. The fourth-order valence-corrected chi connectivity index (χ4v) is 5.22. The first-order valence-corrected chi connectivity index (χ1v) is 8.85. The minimum atomic E-state index is -3.67. The number of aliphatic carboxylic acids is 1. The molecule has 116 valence electrons. The van der Waals surface area contributed by atoms with Gasteiger partial charge in [-0.2, -0.15) is 17.0 Å². The van der Waals surface area contributed by atoms with E-state index in [9.17, 15) is 18.3 Å². The van der Waals surface area contributed by atoms with Crippen LogP contribution in [0.5, 0.6) is 0 Å². The Kier molecular flexibility index (Phi) is 5.04. The molecule has 6 nitrogen and oxygen atoms in total. The Morgan fingerprint density at radius 3 is 2.30 bits per heavy atom. The van der Waals surface area contributed by atoms with Crippen LogP contribution in [0.1, 0.15) is 51.9 Å². The Bertz CT molecular complexity index is 451. The molecule has 2 fully saturated rings. The molecule has 0 aromatic carbocycles. The van der Waals surface area contributed by atoms with E-state index in [2.05, 4.69) is 0 Å². The van der Waals surface area contributed by atoms with E-state index in [1.807, 2.05) is 6.92 Å². The van der Waals surface area contributed by atoms with Gasteiger partial charge in [0.15, 0.2) is 0 Å². The number of hydrogen-bond acceptors (Lipinski definition) is 3. The minimum absolute atomic E-state index is 0.0427. The van der Waals surface area contributed by atoms with Crippen molar-refractivity contribution < 1.29 is 18.3 Å². The summed E-state index contributed by atoms with van der Waals surface area (Å²) in [5, 5.41) is 9.27. The minimum Gasteiger partial charge on any atom is -0.480 e. The van der Waals surface area contributed by atoms with Crippen LogP contribution in [0.25, 0.3) is 0 Å². The average Bonchev–Trinajstić information content (AvgIpc) is 2.63. The highest BCUT2D eigenvalue weighted by Crippen LogP contribution is 2.27. The second-order valence-corrected chi connectivity index (χ2v) is 7.61. The summed E-state index contributed by atoms with van der Waals surface area (Å²) in [4.78, 5) is 11.3. The fourth-order valence-electron chi connectivity index (χ4n) is 3.15. The lowest BCUT2D eigenvalue weighted by molar-refractivity contribution is -0.142. The molecular weight excluding hydrogens is 280 g/mol. The molecule has 0 bridgehead atoms. The van der Waals surface area contributed by atoms with Crippen molar-refractivity contribution in [1.82, 2.24) is 8.61 Å². The smallest absolute Gasteiger partial charge is 0.322 e. The van der Waals surface area contributed by atoms with Crippen LogP contribution in [0.15, 0.2) is 0 Å². The molecule has 20 heavy (non-hydrogen) atoms. The monoisotopic (exact) mass is 304 g/mol. The van der Waals surface area contributed by atoms with Gasteiger partial charge in [-0.05, 0) is 39.0 Å². The van der Waals surface area contributed by atoms with Gasteiger partial charge in [0, 0.05) is 19.1 Å². The molecule has 2 rings (SSSR count). The number of piperidine rings is 1. The number of rotatable bonds is 3. The van der Waals surface area contributed by atoms with Crippen LogP contribution in [-0.4, -0.2) is 53.3 Å². The van der Waals surface area contributed by atoms with Crippen LogP contribution in [0, 0.1) is 0 Å². The maximum absolute atomic E-state index is 12.8. The molecule has 0 saturated carbocycles. The first-order chi connectivity index (χ1) is 9.44. The Morgan fingerprint density at radius 1 is 1.00 bits per heavy atom. The van der Waals surface area contributed by atoms with Crippen LogP contribution in [0.3, 0.4) is 0 Å². The summed E-state index contributed by atoms with van der Waals surface area (Å²) in [6.07, 6.45) is 5.72. The molecule has 2 aliphatic rings. The Morgan fingerprint density at radius 2 is 1.60 bits per heavy atom. The van der Waals surface area contributed by atoms with Crippen molar-refractivity contribution in [3.05, 3.63) is 0 Å². The molecule has 0 aliphatic carbocycles. The third-order valence-corrected chi connectivity index (χ3v) is 6.49. The summed E-state index contributed by atoms with van der Waals surface area (Å²) in [5.41, 5.74) is 0. The van der Waals surface area contributed by atoms with Gasteiger partial charge in [0.05, 0.1) is 0 Å². The van der Waals surface area contributed by atoms with Gasteiger partial charge in [0.1, 0.15) is 6.04 Å². The quantitative estimate of drug-likeness (QED) is 0.855. The molecule has 2 aliphatic heterocycles. The molecule has 0 spiro atoms. The van der Waals surface area contributed by atoms with Crippen LogP contribution in [0.2, 0.25) is 0 Å². The zero-order valence-electron chi connectivity index (χ0n) is 12.0. The summed E-state index contributed by atoms with van der Waals surface area (Å²) < 4.78 is 28.3. The molecule has 2 heterocycles. The SMILES string of the molecule is CC1CCCCCN1S(=O)(=O)N1CCCCC1C(=O)O. The van der Waals surface area contributed by atoms with Crippen molar-refractivity contribution in [2.75, 3.05) is 13.1 Å². The van der Waals surface area contributed by atoms with E-state index in [1.54, 1.807) is 0 Å². The molecule has 0 aromatic heterocycles. The van der Waals surface area contributed by atoms with Crippen LogP contribution >= 0.6 is 0 Å². The van der Waals surface area contributed by atoms with E-state index >= 15 is 0 Å². The number of carbonyl (C=O) groups is 1. The number of carboxylic acid groups (broad SMARTS) is 1. The van der Waals surface area contributed by atoms with E-state index in [0.29, 0.717) is 19.5 Å². The second kappa shape index (κ2) is 6.41. The lowest BCUT2D eigenvalue weighted by atomic mass is 10.1. The maximum atomic E-state index is 12.8. The van der Waals surface area contributed by atoms with Gasteiger partial charge in [0.25, 0.3) is 10.2 Å². The summed E-state index contributed by atoms with van der Waals surface area (Å²) in [6, 6.07) is -0.942. The van der Waals surface area contributed by atoms with Crippen molar-refractivity contribution in [1.29, 1.82) is 0 Å². The van der Waals surface area contributed by atoms with E-state index in [4.69, 9.17) is 0 Å². The van der Waals surface area contributed by atoms with Crippen LogP contribution in [0.4, 0.5) is 0 Å². The second-order valence-electron chi connectivity index (χ2n) is 5.78. The van der Waals surface area contributed by atoms with Gasteiger partial charge >= 0.3 is 5.97 Å². The zero-order chi connectivity index (χ0) is 14.8. The standard InChI is InChI=1S/C13H24N2O4S/c1-11-7-3-2-5-9-14(11)20(18,19)15-10-6-4-8-12(15)13(16)17/h11-12H,2-10H2,1H3,(H,16,17). The van der Waals surface area contributed by atoms with E-state index in [1.165, 1.54) is 8.61 Å². The molecular formula is C13H24N2O4S. The molecule has 7 heteroatoms. The number of hydrogen-bond donors (Lipinski definition) is 1. The van der Waals surface area contributed by atoms with Crippen LogP contribution < -0.4 is 0 Å². The first-order valence-electron chi connectivity index (χ1n) is 7.46. The van der Waals surface area contributed by atoms with Gasteiger partial charge in [-0.15, -0.1) is 0 Å². The van der Waals surface area contributed by atoms with Gasteiger partial charge in [0.2, 0.25) is 0 Å². The average molecular weight is 304 g/mol. The van der Waals surface area contributed by atoms with Crippen molar-refractivity contribution in [2.45, 2.75) is 64.0 Å². The normalized spacial score (nSPS) is 30.9. The highest BCUT2D eigenvalue weighted by atomic mass is 32.2. The van der Waals surface area contributed by atoms with Gasteiger partial charge < -0.3 is 5.11 Å². The Balaban J connectivity index is 2.24. The Hall–Kier alpha value is -0.660. The fraction of sp³-hybridized carbons (Fsp3) is 0.923. The molecule has 2 unspecified atom stereocenters. The number of nitrogens with zero attached hydrogens (tertiary/aromatic N) is 2. The molecule has 0 radical (unpaired) electrons. The topological polar surface area (TPSA) is 77.9 Å². The van der Waals surface area contributed by atoms with Crippen molar-refractivity contribution in [2.24, 2.45) is 0 Å². The highest BCUT2D eigenvalue weighted by Gasteiger charge is 2.41. The third-order valence-electron chi connectivity index (χ3n) is 4.32. The van der Waals surface area contributed by atoms with E-state index < -0.39 is 22.2 Å². The van der Waals surface area contributed by atoms with Gasteiger partial charge in [-0.25, -0.2) is 0 Å². The predicted octanol–water partition coefficient (Wildman–Crippen LogP) is 1.43. The molecule has 0 aromatic rings. The van der Waals surface area contributed by atoms with E-state index in [0.717, 1.165) is 38.5 Å². The lowest BCUT2D eigenvalue weighted by Gasteiger charge is -2.37. The van der Waals surface area contributed by atoms with Crippen molar-refractivity contribution in [3.8, 4) is 0 Å². The Labute approximate surface area is 120 Å². The van der Waals surface area contributed by atoms with Crippen LogP contribution in [-0.2, 0) is 15.0 Å². The van der Waals surface area contributed by atoms with Gasteiger partial charge in [-0.3, -0.25) is 4.79 Å². The van der Waals surface area contributed by atoms with Crippen molar-refractivity contribution in [3.63, 3.8) is 0 Å². The summed E-state index contributed by atoms with van der Waals surface area (Å²) in [6.45, 7) is 2.75. The van der Waals surface area contributed by atoms with Gasteiger partial charge in [-0.1, -0.05) is 12.8 Å². The molecule has 1 N–H and O–H groups in total. The largest absolute Gasteiger partial charge is 0.480 e. The molecule has 0 amide bonds. The van der Waals surface area contributed by atoms with E-state index in [-0.39, 0.29) is 6.04 Å². The summed E-state index contributed by atoms with van der Waals surface area (Å²) >= 11 is 0. The van der Waals surface area contributed by atoms with Crippen molar-refractivity contribution >= 4 is 16.2 Å². The maximum Gasteiger partial charge on any atom is 0.322 e. The highest BCUT2D eigenvalue weighted by molar-refractivity contribution is 7.86. The molecule has 2 saturated heterocycles. The zero-order valence-corrected chi connectivity index (χ0v) is 12.8. The third kappa shape index (κ3) is 3.15. The molecule has 2 atom stereocenters. The summed E-state index contributed by atoms with van der Waals surface area (Å²) in [7, 11) is -3.67. The lowest BCUT2D eigenvalue weighted by Crippen LogP contribution is -2.55. The first kappa shape index (κ1) is 15.7.